The van der Waals surface area contributed by atoms with Crippen molar-refractivity contribution in [3.05, 3.63) is 84.3 Å². The second kappa shape index (κ2) is 8.91. The van der Waals surface area contributed by atoms with Gasteiger partial charge in [-0.05, 0) is 92.2 Å². The highest BCUT2D eigenvalue weighted by molar-refractivity contribution is 5.76. The molecule has 1 unspecified atom stereocenters. The Morgan fingerprint density at radius 3 is 2.36 bits per heavy atom. The highest BCUT2D eigenvalue weighted by atomic mass is 19.1. The summed E-state index contributed by atoms with van der Waals surface area (Å²) in [6.07, 6.45) is 6.38. The Bertz CT molecular complexity index is 1170. The van der Waals surface area contributed by atoms with Crippen molar-refractivity contribution in [3.63, 3.8) is 0 Å². The lowest BCUT2D eigenvalue weighted by Gasteiger charge is -2.28. The smallest absolute Gasteiger partial charge is 0.165 e. The lowest BCUT2D eigenvalue weighted by Crippen LogP contribution is -2.31. The Labute approximate surface area is 195 Å². The molecule has 0 saturated carbocycles. The van der Waals surface area contributed by atoms with E-state index < -0.39 is 0 Å². The largest absolute Gasteiger partial charge is 0.494 e. The van der Waals surface area contributed by atoms with Gasteiger partial charge in [-0.25, -0.2) is 4.39 Å². The van der Waals surface area contributed by atoms with Gasteiger partial charge in [0.2, 0.25) is 0 Å². The molecule has 0 amide bonds. The van der Waals surface area contributed by atoms with E-state index in [1.54, 1.807) is 6.07 Å². The first kappa shape index (κ1) is 21.5. The van der Waals surface area contributed by atoms with Crippen LogP contribution in [0.2, 0.25) is 0 Å². The van der Waals surface area contributed by atoms with Crippen LogP contribution < -0.4 is 14.5 Å². The second-order valence-electron chi connectivity index (χ2n) is 9.02. The number of nitrogens with zero attached hydrogens (tertiary/aromatic N) is 3. The fourth-order valence-electron chi connectivity index (χ4n) is 4.82. The van der Waals surface area contributed by atoms with Gasteiger partial charge in [0.15, 0.2) is 11.6 Å². The van der Waals surface area contributed by atoms with E-state index in [1.807, 2.05) is 6.07 Å². The summed E-state index contributed by atoms with van der Waals surface area (Å²) in [6, 6.07) is 20.9. The molecule has 0 spiro atoms. The summed E-state index contributed by atoms with van der Waals surface area (Å²) in [5, 5.41) is 0. The Kier molecular flexibility index (Phi) is 5.81. The molecule has 4 nitrogen and oxygen atoms in total. The number of benzene rings is 3. The zero-order valence-electron chi connectivity index (χ0n) is 19.5. The maximum atomic E-state index is 14.2. The molecule has 2 aliphatic rings. The average molecular weight is 444 g/mol. The molecule has 33 heavy (non-hydrogen) atoms. The van der Waals surface area contributed by atoms with E-state index in [9.17, 15) is 4.39 Å². The number of ether oxygens (including phenoxy) is 1. The molecule has 1 atom stereocenters. The molecular formula is C28H30FN3O. The number of hydrogen-bond donors (Lipinski definition) is 0. The molecule has 2 heterocycles. The average Bonchev–Trinajstić information content (AvgIpc) is 3.34. The molecule has 170 valence electrons. The van der Waals surface area contributed by atoms with Crippen molar-refractivity contribution in [2.45, 2.75) is 18.9 Å². The maximum Gasteiger partial charge on any atom is 0.165 e. The number of anilines is 3. The lowest BCUT2D eigenvalue weighted by atomic mass is 9.97. The number of likely N-dealkylation sites (N-methyl/N-ethyl adjacent to an activating group) is 1. The molecule has 0 N–H and O–H groups in total. The minimum atomic E-state index is -0.343. The molecule has 5 rings (SSSR count). The molecule has 2 aliphatic heterocycles. The van der Waals surface area contributed by atoms with Crippen LogP contribution in [0.15, 0.2) is 72.9 Å². The fraction of sp³-hybridized carbons (Fsp3) is 0.286. The Morgan fingerprint density at radius 1 is 0.939 bits per heavy atom. The van der Waals surface area contributed by atoms with E-state index in [0.717, 1.165) is 42.0 Å². The number of hydrogen-bond acceptors (Lipinski definition) is 4. The fourth-order valence-corrected chi connectivity index (χ4v) is 4.82. The predicted molar refractivity (Wildman–Crippen MR) is 134 cm³/mol. The normalized spacial score (nSPS) is 17.5. The number of fused-ring (bicyclic) bond motifs is 1. The number of methoxy groups -OCH3 is 1. The van der Waals surface area contributed by atoms with Gasteiger partial charge in [0.05, 0.1) is 7.11 Å². The van der Waals surface area contributed by atoms with E-state index in [-0.39, 0.29) is 11.6 Å². The van der Waals surface area contributed by atoms with Crippen molar-refractivity contribution in [2.75, 3.05) is 44.1 Å². The molecule has 3 aromatic carbocycles. The monoisotopic (exact) mass is 443 g/mol. The highest BCUT2D eigenvalue weighted by Crippen LogP contribution is 2.37. The van der Waals surface area contributed by atoms with Crippen molar-refractivity contribution in [3.8, 4) is 16.9 Å². The van der Waals surface area contributed by atoms with E-state index in [1.165, 1.54) is 30.8 Å². The number of halogens is 1. The molecular weight excluding hydrogens is 413 g/mol. The topological polar surface area (TPSA) is 19.0 Å². The Balaban J connectivity index is 1.38. The first-order chi connectivity index (χ1) is 16.0. The Morgan fingerprint density at radius 2 is 1.67 bits per heavy atom. The van der Waals surface area contributed by atoms with Gasteiger partial charge in [-0.1, -0.05) is 18.2 Å². The van der Waals surface area contributed by atoms with Gasteiger partial charge >= 0.3 is 0 Å². The third kappa shape index (κ3) is 4.21. The SMILES string of the molecule is COc1ccc(-c2ccc3c(c2)CC=CN3c2ccc(N3CCC(N(C)C)C3)cc2)cc1F. The van der Waals surface area contributed by atoms with Crippen LogP contribution in [0.5, 0.6) is 5.75 Å². The number of rotatable bonds is 5. The van der Waals surface area contributed by atoms with Crippen LogP contribution in [0.1, 0.15) is 12.0 Å². The van der Waals surface area contributed by atoms with E-state index in [4.69, 9.17) is 4.74 Å². The third-order valence-electron chi connectivity index (χ3n) is 6.80. The second-order valence-corrected chi connectivity index (χ2v) is 9.02. The summed E-state index contributed by atoms with van der Waals surface area (Å²) in [6.45, 7) is 2.18. The summed E-state index contributed by atoms with van der Waals surface area (Å²) >= 11 is 0. The van der Waals surface area contributed by atoms with Crippen LogP contribution in [-0.4, -0.2) is 45.2 Å². The minimum absolute atomic E-state index is 0.264. The van der Waals surface area contributed by atoms with Gasteiger partial charge in [-0.15, -0.1) is 0 Å². The summed E-state index contributed by atoms with van der Waals surface area (Å²) < 4.78 is 19.3. The van der Waals surface area contributed by atoms with Crippen LogP contribution in [0.25, 0.3) is 11.1 Å². The van der Waals surface area contributed by atoms with Gasteiger partial charge in [0.25, 0.3) is 0 Å². The maximum absolute atomic E-state index is 14.2. The first-order valence-electron chi connectivity index (χ1n) is 11.5. The zero-order valence-corrected chi connectivity index (χ0v) is 19.5. The van der Waals surface area contributed by atoms with E-state index in [2.05, 4.69) is 83.5 Å². The van der Waals surface area contributed by atoms with Crippen molar-refractivity contribution < 1.29 is 9.13 Å². The van der Waals surface area contributed by atoms with Crippen LogP contribution in [0, 0.1) is 5.82 Å². The van der Waals surface area contributed by atoms with Crippen LogP contribution in [-0.2, 0) is 6.42 Å². The van der Waals surface area contributed by atoms with Crippen LogP contribution in [0.3, 0.4) is 0 Å². The molecule has 0 aromatic heterocycles. The van der Waals surface area contributed by atoms with E-state index >= 15 is 0 Å². The number of allylic oxidation sites excluding steroid dienone is 1. The molecule has 1 saturated heterocycles. The molecule has 1 fully saturated rings. The molecule has 0 aliphatic carbocycles. The lowest BCUT2D eigenvalue weighted by molar-refractivity contribution is 0.315. The quantitative estimate of drug-likeness (QED) is 0.492. The van der Waals surface area contributed by atoms with Crippen molar-refractivity contribution >= 4 is 17.1 Å². The van der Waals surface area contributed by atoms with Crippen LogP contribution >= 0.6 is 0 Å². The third-order valence-corrected chi connectivity index (χ3v) is 6.80. The minimum Gasteiger partial charge on any atom is -0.494 e. The zero-order chi connectivity index (χ0) is 22.9. The van der Waals surface area contributed by atoms with E-state index in [0.29, 0.717) is 6.04 Å². The molecule has 0 bridgehead atoms. The van der Waals surface area contributed by atoms with Gasteiger partial charge in [0.1, 0.15) is 0 Å². The van der Waals surface area contributed by atoms with Gasteiger partial charge in [-0.2, -0.15) is 0 Å². The van der Waals surface area contributed by atoms with Gasteiger partial charge < -0.3 is 19.4 Å². The Hall–Kier alpha value is -3.31. The summed E-state index contributed by atoms with van der Waals surface area (Å²) in [5.41, 5.74) is 6.66. The predicted octanol–water partition coefficient (Wildman–Crippen LogP) is 5.85. The van der Waals surface area contributed by atoms with Crippen molar-refractivity contribution in [2.24, 2.45) is 0 Å². The summed E-state index contributed by atoms with van der Waals surface area (Å²) in [5.74, 6) is -0.0790. The van der Waals surface area contributed by atoms with Crippen LogP contribution in [0.4, 0.5) is 21.5 Å². The summed E-state index contributed by atoms with van der Waals surface area (Å²) in [4.78, 5) is 7.01. The molecule has 3 aromatic rings. The van der Waals surface area contributed by atoms with Gasteiger partial charge in [-0.3, -0.25) is 0 Å². The van der Waals surface area contributed by atoms with Crippen molar-refractivity contribution in [1.82, 2.24) is 4.90 Å². The summed E-state index contributed by atoms with van der Waals surface area (Å²) in [7, 11) is 5.80. The molecule has 5 heteroatoms. The first-order valence-corrected chi connectivity index (χ1v) is 11.5. The van der Waals surface area contributed by atoms with Crippen molar-refractivity contribution in [1.29, 1.82) is 0 Å². The van der Waals surface area contributed by atoms with Gasteiger partial charge in [0, 0.05) is 42.4 Å². The highest BCUT2D eigenvalue weighted by Gasteiger charge is 2.24. The molecule has 0 radical (unpaired) electrons. The standard InChI is InChI=1S/C28H30FN3O/c1-30(2)25-14-16-31(19-25)23-8-10-24(11-9-23)32-15-4-5-22-17-20(6-12-27(22)32)21-7-13-28(33-3)26(29)18-21/h4,6-13,15,17-18,25H,5,14,16,19H2,1-3H3.